The molecule has 0 unspecified atom stereocenters. The number of anilines is 1. The molecule has 0 aliphatic carbocycles. The summed E-state index contributed by atoms with van der Waals surface area (Å²) in [5.41, 5.74) is 0.810. The van der Waals surface area contributed by atoms with Crippen LogP contribution in [0, 0.1) is 12.3 Å². The van der Waals surface area contributed by atoms with Crippen LogP contribution in [-0.2, 0) is 4.79 Å². The Bertz CT molecular complexity index is 892. The number of thioether (sulfide) groups is 1. The molecule has 138 valence electrons. The Balaban J connectivity index is 1.60. The summed E-state index contributed by atoms with van der Waals surface area (Å²) in [6, 6.07) is 12.4. The molecule has 7 heteroatoms. The van der Waals surface area contributed by atoms with Crippen molar-refractivity contribution in [1.82, 2.24) is 5.32 Å². The van der Waals surface area contributed by atoms with Crippen LogP contribution in [-0.4, -0.2) is 37.3 Å². The highest BCUT2D eigenvalue weighted by Crippen LogP contribution is 2.34. The first kappa shape index (κ1) is 18.7. The first-order chi connectivity index (χ1) is 13.2. The number of terminal acetylenes is 1. The van der Waals surface area contributed by atoms with Gasteiger partial charge in [0.15, 0.2) is 11.5 Å². The molecule has 2 aromatic rings. The van der Waals surface area contributed by atoms with Gasteiger partial charge in [-0.15, -0.1) is 18.2 Å². The number of nitrogens with one attached hydrogen (secondary N) is 2. The van der Waals surface area contributed by atoms with Crippen LogP contribution in [0.2, 0.25) is 0 Å². The Kier molecular flexibility index (Phi) is 6.23. The van der Waals surface area contributed by atoms with Gasteiger partial charge in [0.05, 0.1) is 23.5 Å². The summed E-state index contributed by atoms with van der Waals surface area (Å²) in [5.74, 6) is 3.39. The molecule has 0 radical (unpaired) electrons. The molecule has 1 aliphatic rings. The zero-order valence-corrected chi connectivity index (χ0v) is 15.3. The predicted molar refractivity (Wildman–Crippen MR) is 104 cm³/mol. The standard InChI is InChI=1S/C20H18N2O4S/c1-2-9-21-20(24)15-5-3-4-6-16(15)22-19(23)13-27-14-7-8-17-18(12-14)26-11-10-25-17/h1,3-8,12H,9-11,13H2,(H,21,24)(H,22,23). The minimum atomic E-state index is -0.330. The first-order valence-electron chi connectivity index (χ1n) is 8.30. The fourth-order valence-corrected chi connectivity index (χ4v) is 3.19. The second kappa shape index (κ2) is 9.01. The van der Waals surface area contributed by atoms with Gasteiger partial charge in [-0.05, 0) is 30.3 Å². The largest absolute Gasteiger partial charge is 0.486 e. The average Bonchev–Trinajstić information content (AvgIpc) is 2.70. The van der Waals surface area contributed by atoms with Crippen LogP contribution in [0.5, 0.6) is 11.5 Å². The van der Waals surface area contributed by atoms with E-state index in [4.69, 9.17) is 15.9 Å². The summed E-state index contributed by atoms with van der Waals surface area (Å²) in [4.78, 5) is 25.3. The molecule has 1 heterocycles. The Morgan fingerprint density at radius 3 is 2.70 bits per heavy atom. The number of ether oxygens (including phenoxy) is 2. The number of para-hydroxylation sites is 1. The Morgan fingerprint density at radius 2 is 1.89 bits per heavy atom. The SMILES string of the molecule is C#CCNC(=O)c1ccccc1NC(=O)CSc1ccc2c(c1)OCCO2. The Morgan fingerprint density at radius 1 is 1.11 bits per heavy atom. The highest BCUT2D eigenvalue weighted by Gasteiger charge is 2.14. The van der Waals surface area contributed by atoms with Crippen LogP contribution in [0.15, 0.2) is 47.4 Å². The van der Waals surface area contributed by atoms with Crippen LogP contribution >= 0.6 is 11.8 Å². The van der Waals surface area contributed by atoms with Gasteiger partial charge in [-0.3, -0.25) is 9.59 Å². The summed E-state index contributed by atoms with van der Waals surface area (Å²) in [5, 5.41) is 5.36. The molecule has 27 heavy (non-hydrogen) atoms. The molecule has 0 aromatic heterocycles. The fourth-order valence-electron chi connectivity index (χ4n) is 2.47. The predicted octanol–water partition coefficient (Wildman–Crippen LogP) is 2.55. The Labute approximate surface area is 161 Å². The van der Waals surface area contributed by atoms with E-state index in [-0.39, 0.29) is 24.1 Å². The third kappa shape index (κ3) is 4.96. The highest BCUT2D eigenvalue weighted by atomic mass is 32.2. The van der Waals surface area contributed by atoms with Gasteiger partial charge in [-0.1, -0.05) is 18.1 Å². The average molecular weight is 382 g/mol. The van der Waals surface area contributed by atoms with Crippen molar-refractivity contribution in [2.45, 2.75) is 4.90 Å². The lowest BCUT2D eigenvalue weighted by Gasteiger charge is -2.18. The number of hydrogen-bond donors (Lipinski definition) is 2. The van der Waals surface area contributed by atoms with E-state index in [2.05, 4.69) is 16.6 Å². The number of amides is 2. The van der Waals surface area contributed by atoms with Crippen molar-refractivity contribution in [3.05, 3.63) is 48.0 Å². The first-order valence-corrected chi connectivity index (χ1v) is 9.29. The number of benzene rings is 2. The van der Waals surface area contributed by atoms with Crippen molar-refractivity contribution in [2.24, 2.45) is 0 Å². The van der Waals surface area contributed by atoms with Gasteiger partial charge in [0.25, 0.3) is 5.91 Å². The monoisotopic (exact) mass is 382 g/mol. The van der Waals surface area contributed by atoms with E-state index in [0.717, 1.165) is 4.90 Å². The van der Waals surface area contributed by atoms with Gasteiger partial charge >= 0.3 is 0 Å². The van der Waals surface area contributed by atoms with Crippen LogP contribution < -0.4 is 20.1 Å². The van der Waals surface area contributed by atoms with E-state index in [0.29, 0.717) is 36.0 Å². The molecule has 6 nitrogen and oxygen atoms in total. The molecule has 0 atom stereocenters. The normalized spacial score (nSPS) is 12.0. The highest BCUT2D eigenvalue weighted by molar-refractivity contribution is 8.00. The van der Waals surface area contributed by atoms with E-state index >= 15 is 0 Å². The van der Waals surface area contributed by atoms with Crippen molar-refractivity contribution < 1.29 is 19.1 Å². The maximum absolute atomic E-state index is 12.3. The van der Waals surface area contributed by atoms with E-state index in [1.54, 1.807) is 24.3 Å². The molecular formula is C20H18N2O4S. The fraction of sp³-hybridized carbons (Fsp3) is 0.200. The Hall–Kier alpha value is -3.11. The molecule has 2 amide bonds. The summed E-state index contributed by atoms with van der Waals surface area (Å²) in [7, 11) is 0. The van der Waals surface area contributed by atoms with Gasteiger partial charge in [0.2, 0.25) is 5.91 Å². The molecule has 2 N–H and O–H groups in total. The maximum atomic E-state index is 12.3. The number of hydrogen-bond acceptors (Lipinski definition) is 5. The van der Waals surface area contributed by atoms with E-state index in [1.165, 1.54) is 11.8 Å². The molecule has 0 bridgehead atoms. The zero-order valence-electron chi connectivity index (χ0n) is 14.5. The second-order valence-electron chi connectivity index (χ2n) is 5.57. The van der Waals surface area contributed by atoms with Gasteiger partial charge < -0.3 is 20.1 Å². The number of carbonyl (C=O) groups is 2. The quantitative estimate of drug-likeness (QED) is 0.593. The molecule has 0 saturated heterocycles. The van der Waals surface area contributed by atoms with Crippen molar-refractivity contribution in [1.29, 1.82) is 0 Å². The molecule has 0 fully saturated rings. The third-order valence-corrected chi connectivity index (χ3v) is 4.67. The molecular weight excluding hydrogens is 364 g/mol. The van der Waals surface area contributed by atoms with E-state index < -0.39 is 0 Å². The molecule has 0 saturated carbocycles. The van der Waals surface area contributed by atoms with Crippen molar-refractivity contribution in [3.63, 3.8) is 0 Å². The second-order valence-corrected chi connectivity index (χ2v) is 6.62. The van der Waals surface area contributed by atoms with Crippen LogP contribution in [0.25, 0.3) is 0 Å². The van der Waals surface area contributed by atoms with Crippen molar-refractivity contribution in [3.8, 4) is 23.8 Å². The van der Waals surface area contributed by atoms with Gasteiger partial charge in [-0.25, -0.2) is 0 Å². The lowest BCUT2D eigenvalue weighted by Crippen LogP contribution is -2.25. The lowest BCUT2D eigenvalue weighted by molar-refractivity contribution is -0.113. The zero-order chi connectivity index (χ0) is 19.1. The summed E-state index contributed by atoms with van der Waals surface area (Å²) >= 11 is 1.37. The van der Waals surface area contributed by atoms with Crippen LogP contribution in [0.1, 0.15) is 10.4 Å². The summed E-state index contributed by atoms with van der Waals surface area (Å²) in [6.45, 7) is 1.18. The van der Waals surface area contributed by atoms with Gasteiger partial charge in [0, 0.05) is 4.90 Å². The summed E-state index contributed by atoms with van der Waals surface area (Å²) in [6.07, 6.45) is 5.16. The van der Waals surface area contributed by atoms with E-state index in [1.807, 2.05) is 18.2 Å². The molecule has 2 aromatic carbocycles. The van der Waals surface area contributed by atoms with Crippen molar-refractivity contribution >= 4 is 29.3 Å². The minimum Gasteiger partial charge on any atom is -0.486 e. The number of fused-ring (bicyclic) bond motifs is 1. The van der Waals surface area contributed by atoms with Gasteiger partial charge in [0.1, 0.15) is 13.2 Å². The molecule has 1 aliphatic heterocycles. The smallest absolute Gasteiger partial charge is 0.254 e. The summed E-state index contributed by atoms with van der Waals surface area (Å²) < 4.78 is 11.0. The van der Waals surface area contributed by atoms with Gasteiger partial charge in [-0.2, -0.15) is 0 Å². The van der Waals surface area contributed by atoms with Crippen LogP contribution in [0.4, 0.5) is 5.69 Å². The third-order valence-electron chi connectivity index (χ3n) is 3.68. The number of rotatable bonds is 6. The molecule has 0 spiro atoms. The van der Waals surface area contributed by atoms with Crippen LogP contribution in [0.3, 0.4) is 0 Å². The lowest BCUT2D eigenvalue weighted by atomic mass is 10.1. The maximum Gasteiger partial charge on any atom is 0.254 e. The number of carbonyl (C=O) groups excluding carboxylic acids is 2. The van der Waals surface area contributed by atoms with Crippen molar-refractivity contribution in [2.75, 3.05) is 30.8 Å². The topological polar surface area (TPSA) is 76.7 Å². The van der Waals surface area contributed by atoms with E-state index in [9.17, 15) is 9.59 Å². The minimum absolute atomic E-state index is 0.126. The molecule has 3 rings (SSSR count).